The molecule has 0 aliphatic carbocycles. The first-order chi connectivity index (χ1) is 10.0. The Kier molecular flexibility index (Phi) is 5.57. The van der Waals surface area contributed by atoms with E-state index in [0.29, 0.717) is 16.9 Å². The summed E-state index contributed by atoms with van der Waals surface area (Å²) in [7, 11) is 0. The summed E-state index contributed by atoms with van der Waals surface area (Å²) < 4.78 is 7.95. The highest BCUT2D eigenvalue weighted by Crippen LogP contribution is 2.36. The minimum absolute atomic E-state index is 0.0786. The van der Waals surface area contributed by atoms with Gasteiger partial charge in [-0.15, -0.1) is 0 Å². The number of benzene rings is 2. The average molecular weight is 474 g/mol. The molecule has 0 saturated carbocycles. The molecule has 0 fully saturated rings. The molecule has 0 radical (unpaired) electrons. The summed E-state index contributed by atoms with van der Waals surface area (Å²) in [6.45, 7) is -0.0786. The van der Waals surface area contributed by atoms with E-state index in [-0.39, 0.29) is 12.4 Å². The molecule has 3 nitrogen and oxygen atoms in total. The van der Waals surface area contributed by atoms with Crippen LogP contribution in [-0.2, 0) is 0 Å². The lowest BCUT2D eigenvalue weighted by Gasteiger charge is -2.10. The Morgan fingerprint density at radius 3 is 2.19 bits per heavy atom. The molecule has 0 N–H and O–H groups in total. The van der Waals surface area contributed by atoms with Gasteiger partial charge in [0.2, 0.25) is 0 Å². The molecule has 0 aliphatic rings. The molecule has 0 aliphatic heterocycles. The highest BCUT2D eigenvalue weighted by Gasteiger charge is 2.12. The lowest BCUT2D eigenvalue weighted by Crippen LogP contribution is -2.12. The molecule has 106 valence electrons. The zero-order chi connectivity index (χ0) is 15.4. The molecule has 0 heterocycles. The fourth-order valence-corrected chi connectivity index (χ4v) is 4.11. The van der Waals surface area contributed by atoms with E-state index < -0.39 is 0 Å². The predicted octanol–water partition coefficient (Wildman–Crippen LogP) is 5.11. The van der Waals surface area contributed by atoms with E-state index >= 15 is 0 Å². The van der Waals surface area contributed by atoms with Gasteiger partial charge >= 0.3 is 0 Å². The first-order valence-corrected chi connectivity index (χ1v) is 8.20. The van der Waals surface area contributed by atoms with Gasteiger partial charge in [0.1, 0.15) is 5.75 Å². The molecular weight excluding hydrogens is 466 g/mol. The summed E-state index contributed by atoms with van der Waals surface area (Å²) in [5.41, 5.74) is 1.03. The quantitative estimate of drug-likeness (QED) is 0.580. The van der Waals surface area contributed by atoms with E-state index in [0.717, 1.165) is 13.4 Å². The van der Waals surface area contributed by atoms with Crippen molar-refractivity contribution in [3.8, 4) is 11.8 Å². The smallest absolute Gasteiger partial charge is 0.200 e. The number of hydrogen-bond donors (Lipinski definition) is 0. The van der Waals surface area contributed by atoms with Crippen LogP contribution in [0.3, 0.4) is 0 Å². The number of rotatable bonds is 4. The topological polar surface area (TPSA) is 50.1 Å². The van der Waals surface area contributed by atoms with E-state index in [1.54, 1.807) is 24.3 Å². The van der Waals surface area contributed by atoms with E-state index in [2.05, 4.69) is 47.8 Å². The normalized spacial score (nSPS) is 10.0. The molecule has 0 atom stereocenters. The van der Waals surface area contributed by atoms with Gasteiger partial charge in [0.05, 0.1) is 20.6 Å². The molecule has 0 amide bonds. The Hall–Kier alpha value is -1.16. The van der Waals surface area contributed by atoms with Crippen LogP contribution in [0, 0.1) is 11.3 Å². The number of nitrogens with zero attached hydrogens (tertiary/aromatic N) is 1. The maximum Gasteiger partial charge on any atom is 0.200 e. The van der Waals surface area contributed by atoms with Crippen LogP contribution in [0.4, 0.5) is 0 Å². The van der Waals surface area contributed by atoms with Crippen LogP contribution in [-0.4, -0.2) is 12.4 Å². The summed E-state index contributed by atoms with van der Waals surface area (Å²) in [4.78, 5) is 12.1. The van der Waals surface area contributed by atoms with Crippen LogP contribution >= 0.6 is 47.8 Å². The molecule has 6 heteroatoms. The zero-order valence-electron chi connectivity index (χ0n) is 10.6. The van der Waals surface area contributed by atoms with Crippen molar-refractivity contribution >= 4 is 53.6 Å². The molecule has 0 aromatic heterocycles. The third-order valence-electron chi connectivity index (χ3n) is 2.65. The van der Waals surface area contributed by atoms with Crippen LogP contribution in [0.25, 0.3) is 0 Å². The Labute approximate surface area is 147 Å². The van der Waals surface area contributed by atoms with Gasteiger partial charge in [0.25, 0.3) is 0 Å². The van der Waals surface area contributed by atoms with Crippen LogP contribution in [0.5, 0.6) is 5.75 Å². The largest absolute Gasteiger partial charge is 0.483 e. The van der Waals surface area contributed by atoms with E-state index in [1.807, 2.05) is 18.2 Å². The Morgan fingerprint density at radius 2 is 1.67 bits per heavy atom. The van der Waals surface area contributed by atoms with Crippen molar-refractivity contribution in [2.24, 2.45) is 0 Å². The predicted molar refractivity (Wildman–Crippen MR) is 90.5 cm³/mol. The average Bonchev–Trinajstić information content (AvgIpc) is 2.46. The second-order valence-electron chi connectivity index (χ2n) is 4.10. The first kappa shape index (κ1) is 16.2. The number of Topliss-reactive ketones (excluding diaryl/α,β-unsaturated/α-hetero) is 1. The van der Waals surface area contributed by atoms with Crippen molar-refractivity contribution < 1.29 is 9.53 Å². The van der Waals surface area contributed by atoms with Gasteiger partial charge in [0.15, 0.2) is 12.4 Å². The van der Waals surface area contributed by atoms with Crippen molar-refractivity contribution in [1.82, 2.24) is 0 Å². The minimum atomic E-state index is -0.152. The van der Waals surface area contributed by atoms with Crippen molar-refractivity contribution in [3.05, 3.63) is 60.9 Å². The molecule has 2 aromatic rings. The van der Waals surface area contributed by atoms with Crippen LogP contribution in [0.2, 0.25) is 0 Å². The van der Waals surface area contributed by atoms with Crippen molar-refractivity contribution in [3.63, 3.8) is 0 Å². The summed E-state index contributed by atoms with van der Waals surface area (Å²) in [5, 5.41) is 8.73. The summed E-state index contributed by atoms with van der Waals surface area (Å²) in [5.74, 6) is 0.418. The lowest BCUT2D eigenvalue weighted by molar-refractivity contribution is 0.0920. The number of carbonyl (C=O) groups excluding carboxylic acids is 1. The van der Waals surface area contributed by atoms with Gasteiger partial charge in [-0.1, -0.05) is 15.9 Å². The van der Waals surface area contributed by atoms with Gasteiger partial charge in [-0.2, -0.15) is 5.26 Å². The number of nitriles is 1. The zero-order valence-corrected chi connectivity index (χ0v) is 15.3. The molecular formula is C15H8Br3NO2. The van der Waals surface area contributed by atoms with Crippen molar-refractivity contribution in [1.29, 1.82) is 5.26 Å². The minimum Gasteiger partial charge on any atom is -0.483 e. The van der Waals surface area contributed by atoms with Gasteiger partial charge in [-0.05, 0) is 68.3 Å². The summed E-state index contributed by atoms with van der Waals surface area (Å²) in [6.07, 6.45) is 0. The molecule has 0 unspecified atom stereocenters. The van der Waals surface area contributed by atoms with Crippen LogP contribution in [0.1, 0.15) is 15.9 Å². The summed E-state index contributed by atoms with van der Waals surface area (Å²) >= 11 is 10.2. The summed E-state index contributed by atoms with van der Waals surface area (Å²) in [6, 6.07) is 12.2. The third-order valence-corrected chi connectivity index (χ3v) is 4.28. The SMILES string of the molecule is N#Cc1ccc(C(=O)COc2c(Br)cc(Br)cc2Br)cc1. The Balaban J connectivity index is 2.09. The second-order valence-corrected chi connectivity index (χ2v) is 6.72. The van der Waals surface area contributed by atoms with Gasteiger partial charge in [-0.3, -0.25) is 4.79 Å². The van der Waals surface area contributed by atoms with Gasteiger partial charge in [0, 0.05) is 10.0 Å². The first-order valence-electron chi connectivity index (χ1n) is 5.82. The Morgan fingerprint density at radius 1 is 1.10 bits per heavy atom. The maximum absolute atomic E-state index is 12.1. The Bertz CT molecular complexity index is 698. The molecule has 2 rings (SSSR count). The fraction of sp³-hybridized carbons (Fsp3) is 0.0667. The molecule has 0 bridgehead atoms. The van der Waals surface area contributed by atoms with Crippen molar-refractivity contribution in [2.45, 2.75) is 0 Å². The number of carbonyl (C=O) groups is 1. The third kappa shape index (κ3) is 4.16. The molecule has 21 heavy (non-hydrogen) atoms. The lowest BCUT2D eigenvalue weighted by atomic mass is 10.1. The maximum atomic E-state index is 12.1. The van der Waals surface area contributed by atoms with Gasteiger partial charge < -0.3 is 4.74 Å². The number of ketones is 1. The highest BCUT2D eigenvalue weighted by molar-refractivity contribution is 9.11. The van der Waals surface area contributed by atoms with Gasteiger partial charge in [-0.25, -0.2) is 0 Å². The van der Waals surface area contributed by atoms with Crippen LogP contribution < -0.4 is 4.74 Å². The second kappa shape index (κ2) is 7.21. The monoisotopic (exact) mass is 471 g/mol. The van der Waals surface area contributed by atoms with E-state index in [9.17, 15) is 4.79 Å². The number of hydrogen-bond acceptors (Lipinski definition) is 3. The van der Waals surface area contributed by atoms with Crippen LogP contribution in [0.15, 0.2) is 49.8 Å². The van der Waals surface area contributed by atoms with E-state index in [4.69, 9.17) is 10.00 Å². The highest BCUT2D eigenvalue weighted by atomic mass is 79.9. The standard InChI is InChI=1S/C15H8Br3NO2/c16-11-5-12(17)15(13(18)6-11)21-8-14(20)10-3-1-9(7-19)2-4-10/h1-6H,8H2. The molecule has 2 aromatic carbocycles. The molecule has 0 spiro atoms. The fourth-order valence-electron chi connectivity index (χ4n) is 1.62. The number of ether oxygens (including phenoxy) is 1. The molecule has 0 saturated heterocycles. The van der Waals surface area contributed by atoms with Crippen molar-refractivity contribution in [2.75, 3.05) is 6.61 Å². The van der Waals surface area contributed by atoms with E-state index in [1.165, 1.54) is 0 Å². The number of halogens is 3.